The summed E-state index contributed by atoms with van der Waals surface area (Å²) in [4.78, 5) is 38.2. The van der Waals surface area contributed by atoms with Crippen molar-refractivity contribution in [2.24, 2.45) is 0 Å². The number of amides is 3. The molecule has 0 saturated carbocycles. The molecule has 0 spiro atoms. The van der Waals surface area contributed by atoms with E-state index < -0.39 is 18.0 Å². The molecule has 0 aliphatic carbocycles. The van der Waals surface area contributed by atoms with Crippen LogP contribution in [-0.4, -0.2) is 77.2 Å². The summed E-state index contributed by atoms with van der Waals surface area (Å²) in [6.45, 7) is 4.36. The Bertz CT molecular complexity index is 442. The zero-order valence-corrected chi connectivity index (χ0v) is 12.2. The lowest BCUT2D eigenvalue weighted by Crippen LogP contribution is -2.64. The van der Waals surface area contributed by atoms with E-state index in [1.165, 1.54) is 0 Å². The Morgan fingerprint density at radius 1 is 1.43 bits per heavy atom. The number of nitrogens with zero attached hydrogens (tertiary/aromatic N) is 2. The lowest BCUT2D eigenvalue weighted by molar-refractivity contribution is -0.145. The molecule has 0 radical (unpaired) electrons. The molecule has 3 unspecified atom stereocenters. The number of morpholine rings is 1. The van der Waals surface area contributed by atoms with Crippen molar-refractivity contribution in [1.82, 2.24) is 15.1 Å². The SMILES string of the molecule is CCC1COC(C)CN1C(=O)N1CC(=O)NCC1C(=O)O. The van der Waals surface area contributed by atoms with Gasteiger partial charge >= 0.3 is 12.0 Å². The van der Waals surface area contributed by atoms with Crippen LogP contribution in [0.4, 0.5) is 4.79 Å². The maximum absolute atomic E-state index is 12.7. The number of carboxylic acids is 1. The minimum atomic E-state index is -1.11. The highest BCUT2D eigenvalue weighted by Gasteiger charge is 2.40. The van der Waals surface area contributed by atoms with Crippen molar-refractivity contribution in [2.45, 2.75) is 38.5 Å². The zero-order chi connectivity index (χ0) is 15.6. The molecular weight excluding hydrogens is 278 g/mol. The molecule has 3 amide bonds. The largest absolute Gasteiger partial charge is 0.480 e. The van der Waals surface area contributed by atoms with Crippen LogP contribution in [0, 0.1) is 0 Å². The van der Waals surface area contributed by atoms with Crippen molar-refractivity contribution in [3.63, 3.8) is 0 Å². The van der Waals surface area contributed by atoms with Gasteiger partial charge in [0.15, 0.2) is 0 Å². The number of carbonyl (C=O) groups excluding carboxylic acids is 2. The first-order valence-electron chi connectivity index (χ1n) is 7.12. The molecule has 0 aromatic carbocycles. The number of aliphatic carboxylic acids is 1. The van der Waals surface area contributed by atoms with E-state index >= 15 is 0 Å². The van der Waals surface area contributed by atoms with Crippen LogP contribution < -0.4 is 5.32 Å². The molecule has 2 aliphatic heterocycles. The summed E-state index contributed by atoms with van der Waals surface area (Å²) in [6.07, 6.45) is 0.620. The van der Waals surface area contributed by atoms with Gasteiger partial charge in [-0.3, -0.25) is 9.69 Å². The van der Waals surface area contributed by atoms with E-state index in [4.69, 9.17) is 4.74 Å². The minimum absolute atomic E-state index is 0.0589. The van der Waals surface area contributed by atoms with E-state index in [2.05, 4.69) is 5.32 Å². The molecule has 2 fully saturated rings. The molecular formula is C13H21N3O5. The third-order valence-electron chi connectivity index (χ3n) is 3.90. The predicted molar refractivity (Wildman–Crippen MR) is 72.7 cm³/mol. The van der Waals surface area contributed by atoms with Crippen molar-refractivity contribution in [3.05, 3.63) is 0 Å². The summed E-state index contributed by atoms with van der Waals surface area (Å²) >= 11 is 0. The van der Waals surface area contributed by atoms with Crippen molar-refractivity contribution in [3.8, 4) is 0 Å². The third-order valence-corrected chi connectivity index (χ3v) is 3.90. The molecule has 118 valence electrons. The van der Waals surface area contributed by atoms with Crippen LogP contribution in [0.15, 0.2) is 0 Å². The van der Waals surface area contributed by atoms with Crippen molar-refractivity contribution in [1.29, 1.82) is 0 Å². The molecule has 0 aromatic heterocycles. The van der Waals surface area contributed by atoms with Gasteiger partial charge in [0.25, 0.3) is 0 Å². The fourth-order valence-electron chi connectivity index (χ4n) is 2.64. The number of carboxylic acid groups (broad SMARTS) is 1. The number of hydrogen-bond donors (Lipinski definition) is 2. The number of hydrogen-bond acceptors (Lipinski definition) is 4. The standard InChI is InChI=1S/C13H21N3O5/c1-3-9-7-21-8(2)5-15(9)13(20)16-6-11(17)14-4-10(16)12(18)19/h8-10H,3-7H2,1-2H3,(H,14,17)(H,18,19). The Kier molecular flexibility index (Phi) is 4.66. The third kappa shape index (κ3) is 3.26. The average molecular weight is 299 g/mol. The van der Waals surface area contributed by atoms with Crippen LogP contribution in [0.5, 0.6) is 0 Å². The summed E-state index contributed by atoms with van der Waals surface area (Å²) in [5, 5.41) is 11.7. The van der Waals surface area contributed by atoms with Gasteiger partial charge in [0, 0.05) is 13.1 Å². The molecule has 0 aromatic rings. The number of urea groups is 1. The Balaban J connectivity index is 2.18. The molecule has 2 N–H and O–H groups in total. The zero-order valence-electron chi connectivity index (χ0n) is 12.2. The van der Waals surface area contributed by atoms with E-state index in [-0.39, 0.29) is 31.1 Å². The highest BCUT2D eigenvalue weighted by Crippen LogP contribution is 2.18. The van der Waals surface area contributed by atoms with Crippen molar-refractivity contribution >= 4 is 17.9 Å². The second-order valence-electron chi connectivity index (χ2n) is 5.43. The summed E-state index contributed by atoms with van der Waals surface area (Å²) in [6, 6.07) is -1.52. The number of rotatable bonds is 2. The van der Waals surface area contributed by atoms with E-state index in [0.717, 1.165) is 11.3 Å². The molecule has 3 atom stereocenters. The Morgan fingerprint density at radius 3 is 2.76 bits per heavy atom. The maximum Gasteiger partial charge on any atom is 0.328 e. The predicted octanol–water partition coefficient (Wildman–Crippen LogP) is -0.509. The molecule has 0 bridgehead atoms. The molecule has 2 saturated heterocycles. The van der Waals surface area contributed by atoms with Gasteiger partial charge in [-0.15, -0.1) is 0 Å². The molecule has 2 heterocycles. The van der Waals surface area contributed by atoms with Crippen LogP contribution in [0.25, 0.3) is 0 Å². The van der Waals surface area contributed by atoms with Gasteiger partial charge in [0.2, 0.25) is 5.91 Å². The van der Waals surface area contributed by atoms with E-state index in [1.807, 2.05) is 13.8 Å². The summed E-state index contributed by atoms with van der Waals surface area (Å²) in [5.74, 6) is -1.45. The smallest absolute Gasteiger partial charge is 0.328 e. The Morgan fingerprint density at radius 2 is 2.14 bits per heavy atom. The van der Waals surface area contributed by atoms with E-state index in [9.17, 15) is 19.5 Å². The Labute approximate surface area is 123 Å². The number of nitrogens with one attached hydrogen (secondary N) is 1. The normalized spacial score (nSPS) is 30.0. The summed E-state index contributed by atoms with van der Waals surface area (Å²) in [7, 11) is 0. The van der Waals surface area contributed by atoms with Gasteiger partial charge in [0.1, 0.15) is 12.6 Å². The van der Waals surface area contributed by atoms with Crippen LogP contribution in [-0.2, 0) is 14.3 Å². The molecule has 2 rings (SSSR count). The lowest BCUT2D eigenvalue weighted by atomic mass is 10.1. The lowest BCUT2D eigenvalue weighted by Gasteiger charge is -2.43. The van der Waals surface area contributed by atoms with Gasteiger partial charge in [0.05, 0.1) is 18.8 Å². The van der Waals surface area contributed by atoms with Crippen molar-refractivity contribution < 1.29 is 24.2 Å². The molecule has 2 aliphatic rings. The van der Waals surface area contributed by atoms with Crippen LogP contribution in [0.3, 0.4) is 0 Å². The molecule has 8 heteroatoms. The number of piperazine rings is 1. The van der Waals surface area contributed by atoms with Crippen LogP contribution >= 0.6 is 0 Å². The topological polar surface area (TPSA) is 99.2 Å². The monoisotopic (exact) mass is 299 g/mol. The highest BCUT2D eigenvalue weighted by atomic mass is 16.5. The summed E-state index contributed by atoms with van der Waals surface area (Å²) < 4.78 is 5.54. The van der Waals surface area contributed by atoms with Gasteiger partial charge in [-0.25, -0.2) is 9.59 Å². The first-order chi connectivity index (χ1) is 9.93. The van der Waals surface area contributed by atoms with Gasteiger partial charge < -0.3 is 20.1 Å². The second kappa shape index (κ2) is 6.30. The fraction of sp³-hybridized carbons (Fsp3) is 0.769. The minimum Gasteiger partial charge on any atom is -0.480 e. The van der Waals surface area contributed by atoms with Gasteiger partial charge in [-0.2, -0.15) is 0 Å². The maximum atomic E-state index is 12.7. The summed E-state index contributed by atoms with van der Waals surface area (Å²) in [5.41, 5.74) is 0. The highest BCUT2D eigenvalue weighted by molar-refractivity contribution is 5.90. The van der Waals surface area contributed by atoms with E-state index in [0.29, 0.717) is 13.2 Å². The quantitative estimate of drug-likeness (QED) is 0.715. The average Bonchev–Trinajstić information content (AvgIpc) is 2.46. The first kappa shape index (κ1) is 15.6. The van der Waals surface area contributed by atoms with Crippen LogP contribution in [0.2, 0.25) is 0 Å². The number of carbonyl (C=O) groups is 3. The van der Waals surface area contributed by atoms with Gasteiger partial charge in [-0.1, -0.05) is 6.92 Å². The fourth-order valence-corrected chi connectivity index (χ4v) is 2.64. The van der Waals surface area contributed by atoms with E-state index in [1.54, 1.807) is 4.90 Å². The van der Waals surface area contributed by atoms with Crippen LogP contribution in [0.1, 0.15) is 20.3 Å². The second-order valence-corrected chi connectivity index (χ2v) is 5.43. The van der Waals surface area contributed by atoms with Crippen molar-refractivity contribution in [2.75, 3.05) is 26.2 Å². The first-order valence-corrected chi connectivity index (χ1v) is 7.12. The molecule has 21 heavy (non-hydrogen) atoms. The molecule has 8 nitrogen and oxygen atoms in total. The van der Waals surface area contributed by atoms with Gasteiger partial charge in [-0.05, 0) is 13.3 Å². The number of ether oxygens (including phenoxy) is 1. The Hall–Kier alpha value is -1.83.